The molecule has 6 aromatic carbocycles. The van der Waals surface area contributed by atoms with E-state index in [4.69, 9.17) is 0 Å². The van der Waals surface area contributed by atoms with Crippen LogP contribution in [0.1, 0.15) is 44.5 Å². The molecule has 6 aromatic rings. The maximum Gasteiger partial charge on any atom is 0.217 e. The van der Waals surface area contributed by atoms with E-state index in [1.807, 2.05) is 0 Å². The second kappa shape index (κ2) is 12.9. The van der Waals surface area contributed by atoms with Crippen LogP contribution >= 0.6 is 0 Å². The normalized spacial score (nSPS) is 12.7. The van der Waals surface area contributed by atoms with Crippen molar-refractivity contribution >= 4 is 11.4 Å². The first kappa shape index (κ1) is 32.2. The fourth-order valence-electron chi connectivity index (χ4n) is 7.94. The first-order valence-corrected chi connectivity index (χ1v) is 17.2. The molecule has 49 heavy (non-hydrogen) atoms. The van der Waals surface area contributed by atoms with Crippen molar-refractivity contribution in [1.29, 1.82) is 0 Å². The number of para-hydroxylation sites is 2. The van der Waals surface area contributed by atoms with Crippen molar-refractivity contribution in [3.8, 4) is 44.5 Å². The van der Waals surface area contributed by atoms with Gasteiger partial charge in [-0.15, -0.1) is 0 Å². The van der Waals surface area contributed by atoms with Gasteiger partial charge in [-0.2, -0.15) is 0 Å². The Bertz CT molecular complexity index is 1870. The third-order valence-electron chi connectivity index (χ3n) is 10.1. The zero-order valence-corrected chi connectivity index (χ0v) is 29.9. The van der Waals surface area contributed by atoms with Crippen LogP contribution in [0.5, 0.6) is 0 Å². The molecule has 0 spiro atoms. The molecule has 0 saturated carbocycles. The molecule has 2 heteroatoms. The van der Waals surface area contributed by atoms with E-state index in [9.17, 15) is 0 Å². The van der Waals surface area contributed by atoms with Crippen LogP contribution in [0.2, 0.25) is 0 Å². The van der Waals surface area contributed by atoms with E-state index in [1.54, 1.807) is 0 Å². The molecule has 0 unspecified atom stereocenters. The van der Waals surface area contributed by atoms with E-state index in [0.717, 1.165) is 11.4 Å². The molecule has 0 aromatic heterocycles. The Balaban J connectivity index is 1.46. The summed E-state index contributed by atoms with van der Waals surface area (Å²) in [6, 6.07) is 39.8. The summed E-state index contributed by atoms with van der Waals surface area (Å²) >= 11 is 0. The SMILES string of the molecule is Cc1cccc(C)c1-c1cccc(-c2c(C)cccc2C)c1N1[C]N(c2c(-c3c(C)cccc3C)cccc2-c2c(C)cccc2C)C=C1. The summed E-state index contributed by atoms with van der Waals surface area (Å²) in [6.07, 6.45) is 4.36. The molecule has 1 heterocycles. The van der Waals surface area contributed by atoms with Gasteiger partial charge in [0.15, 0.2) is 0 Å². The lowest BCUT2D eigenvalue weighted by Gasteiger charge is -2.29. The summed E-state index contributed by atoms with van der Waals surface area (Å²) in [5.41, 5.74) is 22.2. The lowest BCUT2D eigenvalue weighted by atomic mass is 9.88. The Morgan fingerprint density at radius 2 is 0.510 bits per heavy atom. The molecule has 0 aliphatic carbocycles. The Kier molecular flexibility index (Phi) is 8.50. The smallest absolute Gasteiger partial charge is 0.217 e. The number of aryl methyl sites for hydroxylation is 8. The van der Waals surface area contributed by atoms with Crippen molar-refractivity contribution < 1.29 is 0 Å². The van der Waals surface area contributed by atoms with Gasteiger partial charge in [0.25, 0.3) is 0 Å². The van der Waals surface area contributed by atoms with Crippen LogP contribution in [0.4, 0.5) is 11.4 Å². The van der Waals surface area contributed by atoms with E-state index < -0.39 is 0 Å². The quantitative estimate of drug-likeness (QED) is 0.179. The van der Waals surface area contributed by atoms with Crippen LogP contribution in [-0.4, -0.2) is 0 Å². The van der Waals surface area contributed by atoms with E-state index in [-0.39, 0.29) is 0 Å². The molecule has 0 bridgehead atoms. The molecule has 2 radical (unpaired) electrons. The predicted octanol–water partition coefficient (Wildman–Crippen LogP) is 12.6. The third kappa shape index (κ3) is 5.66. The summed E-state index contributed by atoms with van der Waals surface area (Å²) in [5, 5.41) is 0. The van der Waals surface area contributed by atoms with Gasteiger partial charge in [0.2, 0.25) is 6.67 Å². The maximum absolute atomic E-state index is 3.88. The van der Waals surface area contributed by atoms with Crippen LogP contribution in [-0.2, 0) is 0 Å². The molecule has 1 aliphatic heterocycles. The highest BCUT2D eigenvalue weighted by atomic mass is 15.3. The van der Waals surface area contributed by atoms with Gasteiger partial charge in [0.1, 0.15) is 0 Å². The van der Waals surface area contributed by atoms with Gasteiger partial charge in [-0.25, -0.2) is 0 Å². The Morgan fingerprint density at radius 3 is 0.735 bits per heavy atom. The number of nitrogens with zero attached hydrogens (tertiary/aromatic N) is 2. The van der Waals surface area contributed by atoms with Crippen LogP contribution in [0.15, 0.2) is 122 Å². The summed E-state index contributed by atoms with van der Waals surface area (Å²) in [4.78, 5) is 4.44. The van der Waals surface area contributed by atoms with Crippen molar-refractivity contribution in [2.45, 2.75) is 55.4 Å². The van der Waals surface area contributed by atoms with Crippen molar-refractivity contribution in [3.05, 3.63) is 173 Å². The van der Waals surface area contributed by atoms with Gasteiger partial charge in [-0.1, -0.05) is 109 Å². The van der Waals surface area contributed by atoms with Crippen molar-refractivity contribution in [2.24, 2.45) is 0 Å². The fourth-order valence-corrected chi connectivity index (χ4v) is 7.94. The van der Waals surface area contributed by atoms with Gasteiger partial charge in [-0.3, -0.25) is 0 Å². The Labute approximate surface area is 293 Å². The highest BCUT2D eigenvalue weighted by Gasteiger charge is 2.29. The Morgan fingerprint density at radius 1 is 0.306 bits per heavy atom. The zero-order chi connectivity index (χ0) is 34.4. The minimum absolute atomic E-state index is 1.13. The molecule has 0 fully saturated rings. The maximum atomic E-state index is 3.88. The summed E-state index contributed by atoms with van der Waals surface area (Å²) in [6.45, 7) is 21.6. The van der Waals surface area contributed by atoms with Crippen molar-refractivity contribution in [3.63, 3.8) is 0 Å². The molecule has 1 aliphatic rings. The topological polar surface area (TPSA) is 6.48 Å². The molecule has 0 amide bonds. The number of benzene rings is 6. The second-order valence-corrected chi connectivity index (χ2v) is 13.6. The molecule has 0 N–H and O–H groups in total. The van der Waals surface area contributed by atoms with Crippen LogP contribution < -0.4 is 9.80 Å². The Hall–Kier alpha value is -5.34. The van der Waals surface area contributed by atoms with E-state index >= 15 is 0 Å². The zero-order valence-electron chi connectivity index (χ0n) is 29.9. The third-order valence-corrected chi connectivity index (χ3v) is 10.1. The van der Waals surface area contributed by atoms with E-state index in [0.29, 0.717) is 0 Å². The molecule has 0 atom stereocenters. The molecule has 7 rings (SSSR count). The summed E-state index contributed by atoms with van der Waals surface area (Å²) < 4.78 is 0. The average Bonchev–Trinajstić information content (AvgIpc) is 3.54. The fraction of sp³-hybridized carbons (Fsp3) is 0.170. The van der Waals surface area contributed by atoms with Crippen LogP contribution in [0.3, 0.4) is 0 Å². The van der Waals surface area contributed by atoms with E-state index in [1.165, 1.54) is 89.0 Å². The van der Waals surface area contributed by atoms with Crippen molar-refractivity contribution in [2.75, 3.05) is 9.80 Å². The predicted molar refractivity (Wildman–Crippen MR) is 210 cm³/mol. The van der Waals surface area contributed by atoms with Crippen LogP contribution in [0, 0.1) is 62.1 Å². The first-order valence-electron chi connectivity index (χ1n) is 17.2. The van der Waals surface area contributed by atoms with Gasteiger partial charge in [-0.05, 0) is 122 Å². The van der Waals surface area contributed by atoms with Gasteiger partial charge >= 0.3 is 0 Å². The van der Waals surface area contributed by atoms with Crippen LogP contribution in [0.25, 0.3) is 44.5 Å². The molecule has 0 saturated heterocycles. The summed E-state index contributed by atoms with van der Waals surface area (Å²) in [5.74, 6) is 0. The lowest BCUT2D eigenvalue weighted by molar-refractivity contribution is 1.11. The average molecular weight is 637 g/mol. The highest BCUT2D eigenvalue weighted by molar-refractivity contribution is 5.99. The van der Waals surface area contributed by atoms with Gasteiger partial charge < -0.3 is 9.80 Å². The van der Waals surface area contributed by atoms with Gasteiger partial charge in [0.05, 0.1) is 11.4 Å². The number of rotatable bonds is 6. The minimum atomic E-state index is 1.13. The molecule has 242 valence electrons. The number of hydrogen-bond acceptors (Lipinski definition) is 2. The monoisotopic (exact) mass is 636 g/mol. The standard InChI is InChI=1S/C47H44N2/c1-30-15-9-16-31(2)42(30)38-23-13-24-39(43-32(3)17-10-18-33(43)4)46(38)48-27-28-49(29-48)47-40(44-34(5)19-11-20-35(44)6)25-14-26-41(47)45-36(7)21-12-22-37(45)8/h9-28H,1-8H3. The highest BCUT2D eigenvalue weighted by Crippen LogP contribution is 2.49. The largest absolute Gasteiger partial charge is 0.314 e. The summed E-state index contributed by atoms with van der Waals surface area (Å²) in [7, 11) is 0. The number of hydrogen-bond donors (Lipinski definition) is 0. The van der Waals surface area contributed by atoms with Crippen molar-refractivity contribution in [1.82, 2.24) is 0 Å². The van der Waals surface area contributed by atoms with E-state index in [2.05, 4.69) is 193 Å². The number of anilines is 2. The molecule has 2 nitrogen and oxygen atoms in total. The lowest BCUT2D eigenvalue weighted by Crippen LogP contribution is -2.21. The van der Waals surface area contributed by atoms with Gasteiger partial charge in [0, 0.05) is 34.7 Å². The molecular weight excluding hydrogens is 593 g/mol. The molecular formula is C47H44N2. The first-order chi connectivity index (χ1) is 23.7. The minimum Gasteiger partial charge on any atom is -0.314 e. The second-order valence-electron chi connectivity index (χ2n) is 13.6.